The summed E-state index contributed by atoms with van der Waals surface area (Å²) in [6.07, 6.45) is 2.21. The van der Waals surface area contributed by atoms with Crippen molar-refractivity contribution >= 4 is 5.96 Å². The molecule has 122 valence electrons. The molecule has 2 atom stereocenters. The summed E-state index contributed by atoms with van der Waals surface area (Å²) in [7, 11) is 3.50. The van der Waals surface area contributed by atoms with E-state index < -0.39 is 0 Å². The third-order valence-electron chi connectivity index (χ3n) is 4.06. The summed E-state index contributed by atoms with van der Waals surface area (Å²) >= 11 is 0. The Bertz CT molecular complexity index is 470. The van der Waals surface area contributed by atoms with Crippen molar-refractivity contribution in [1.29, 1.82) is 0 Å². The van der Waals surface area contributed by atoms with Crippen LogP contribution >= 0.6 is 0 Å². The fourth-order valence-corrected chi connectivity index (χ4v) is 2.66. The van der Waals surface area contributed by atoms with Crippen LogP contribution in [0.25, 0.3) is 0 Å². The number of guanidine groups is 1. The normalized spacial score (nSPS) is 23.3. The van der Waals surface area contributed by atoms with Gasteiger partial charge in [0.05, 0.1) is 11.7 Å². The third kappa shape index (κ3) is 4.71. The maximum Gasteiger partial charge on any atom is 0.191 e. The SMILES string of the molecule is CN=C(NCC(OC)c1ccccc1)NCC1(C)CCCO1. The second-order valence-corrected chi connectivity index (χ2v) is 5.84. The van der Waals surface area contributed by atoms with Crippen molar-refractivity contribution in [3.8, 4) is 0 Å². The number of rotatable bonds is 6. The summed E-state index contributed by atoms with van der Waals surface area (Å²) in [6, 6.07) is 10.2. The average Bonchev–Trinajstić information content (AvgIpc) is 2.99. The molecule has 0 aromatic heterocycles. The number of hydrogen-bond donors (Lipinski definition) is 2. The smallest absolute Gasteiger partial charge is 0.191 e. The first kappa shape index (κ1) is 16.8. The van der Waals surface area contributed by atoms with Gasteiger partial charge in [0.2, 0.25) is 0 Å². The van der Waals surface area contributed by atoms with Crippen LogP contribution < -0.4 is 10.6 Å². The highest BCUT2D eigenvalue weighted by molar-refractivity contribution is 5.79. The average molecular weight is 305 g/mol. The number of ether oxygens (including phenoxy) is 2. The maximum atomic E-state index is 5.78. The Kier molecular flexibility index (Phi) is 6.21. The standard InChI is InChI=1S/C17H27N3O2/c1-17(10-7-11-22-17)13-20-16(18-2)19-12-15(21-3)14-8-5-4-6-9-14/h4-6,8-9,15H,7,10-13H2,1-3H3,(H2,18,19,20). The zero-order chi connectivity index (χ0) is 15.8. The van der Waals surface area contributed by atoms with Gasteiger partial charge in [0.1, 0.15) is 0 Å². The van der Waals surface area contributed by atoms with Crippen LogP contribution in [-0.2, 0) is 9.47 Å². The summed E-state index contributed by atoms with van der Waals surface area (Å²) in [4.78, 5) is 4.26. The second kappa shape index (κ2) is 8.15. The predicted molar refractivity (Wildman–Crippen MR) is 89.1 cm³/mol. The molecule has 2 N–H and O–H groups in total. The zero-order valence-electron chi connectivity index (χ0n) is 13.8. The van der Waals surface area contributed by atoms with Crippen LogP contribution in [0.15, 0.2) is 35.3 Å². The lowest BCUT2D eigenvalue weighted by molar-refractivity contribution is 0.0242. The van der Waals surface area contributed by atoms with E-state index in [1.807, 2.05) is 18.2 Å². The topological polar surface area (TPSA) is 54.9 Å². The highest BCUT2D eigenvalue weighted by Gasteiger charge is 2.29. The molecule has 1 fully saturated rings. The van der Waals surface area contributed by atoms with E-state index in [1.165, 1.54) is 0 Å². The lowest BCUT2D eigenvalue weighted by atomic mass is 10.0. The van der Waals surface area contributed by atoms with Gasteiger partial charge in [0, 0.05) is 33.9 Å². The fourth-order valence-electron chi connectivity index (χ4n) is 2.66. The van der Waals surface area contributed by atoms with Gasteiger partial charge in [-0.05, 0) is 25.3 Å². The summed E-state index contributed by atoms with van der Waals surface area (Å²) in [5.41, 5.74) is 1.07. The number of methoxy groups -OCH3 is 1. The third-order valence-corrected chi connectivity index (χ3v) is 4.06. The molecule has 2 unspecified atom stereocenters. The molecular formula is C17H27N3O2. The van der Waals surface area contributed by atoms with E-state index in [0.717, 1.165) is 37.5 Å². The van der Waals surface area contributed by atoms with Crippen LogP contribution in [0.1, 0.15) is 31.4 Å². The monoisotopic (exact) mass is 305 g/mol. The van der Waals surface area contributed by atoms with Gasteiger partial charge < -0.3 is 20.1 Å². The Labute approximate surface area is 133 Å². The first-order valence-electron chi connectivity index (χ1n) is 7.83. The van der Waals surface area contributed by atoms with Gasteiger partial charge in [-0.25, -0.2) is 0 Å². The molecule has 1 aromatic carbocycles. The van der Waals surface area contributed by atoms with Crippen LogP contribution in [0.4, 0.5) is 0 Å². The van der Waals surface area contributed by atoms with E-state index in [4.69, 9.17) is 9.47 Å². The van der Waals surface area contributed by atoms with Crippen molar-refractivity contribution in [3.05, 3.63) is 35.9 Å². The molecule has 0 amide bonds. The van der Waals surface area contributed by atoms with Gasteiger partial charge in [0.25, 0.3) is 0 Å². The quantitative estimate of drug-likeness (QED) is 0.624. The number of hydrogen-bond acceptors (Lipinski definition) is 3. The van der Waals surface area contributed by atoms with Crippen molar-refractivity contribution in [2.75, 3.05) is 33.9 Å². The molecule has 0 saturated carbocycles. The van der Waals surface area contributed by atoms with Crippen LogP contribution in [0.5, 0.6) is 0 Å². The van der Waals surface area contributed by atoms with Crippen LogP contribution in [0, 0.1) is 0 Å². The summed E-state index contributed by atoms with van der Waals surface area (Å²) in [5, 5.41) is 6.66. The number of nitrogens with zero attached hydrogens (tertiary/aromatic N) is 1. The van der Waals surface area contributed by atoms with Crippen molar-refractivity contribution in [2.24, 2.45) is 4.99 Å². The highest BCUT2D eigenvalue weighted by atomic mass is 16.5. The Morgan fingerprint density at radius 3 is 2.73 bits per heavy atom. The molecule has 2 rings (SSSR count). The molecule has 5 heteroatoms. The molecular weight excluding hydrogens is 278 g/mol. The number of nitrogens with one attached hydrogen (secondary N) is 2. The van der Waals surface area contributed by atoms with Gasteiger partial charge in [0.15, 0.2) is 5.96 Å². The van der Waals surface area contributed by atoms with Crippen molar-refractivity contribution in [3.63, 3.8) is 0 Å². The molecule has 1 saturated heterocycles. The molecule has 0 bridgehead atoms. The van der Waals surface area contributed by atoms with Crippen LogP contribution in [0.3, 0.4) is 0 Å². The second-order valence-electron chi connectivity index (χ2n) is 5.84. The van der Waals surface area contributed by atoms with E-state index in [2.05, 4.69) is 34.7 Å². The lowest BCUT2D eigenvalue weighted by Crippen LogP contribution is -2.46. The van der Waals surface area contributed by atoms with Gasteiger partial charge in [-0.3, -0.25) is 4.99 Å². The number of benzene rings is 1. The molecule has 0 radical (unpaired) electrons. The highest BCUT2D eigenvalue weighted by Crippen LogP contribution is 2.23. The van der Waals surface area contributed by atoms with Crippen molar-refractivity contribution in [1.82, 2.24) is 10.6 Å². The van der Waals surface area contributed by atoms with Gasteiger partial charge in [-0.1, -0.05) is 30.3 Å². The summed E-state index contributed by atoms with van der Waals surface area (Å²) < 4.78 is 11.3. The van der Waals surface area contributed by atoms with Gasteiger partial charge >= 0.3 is 0 Å². The summed E-state index contributed by atoms with van der Waals surface area (Å²) in [6.45, 7) is 4.42. The Morgan fingerprint density at radius 1 is 1.36 bits per heavy atom. The molecule has 22 heavy (non-hydrogen) atoms. The van der Waals surface area contributed by atoms with Crippen molar-refractivity contribution in [2.45, 2.75) is 31.5 Å². The molecule has 1 aromatic rings. The molecule has 1 aliphatic heterocycles. The Balaban J connectivity index is 1.82. The maximum absolute atomic E-state index is 5.78. The van der Waals surface area contributed by atoms with Crippen LogP contribution in [-0.4, -0.2) is 45.4 Å². The molecule has 1 aliphatic rings. The zero-order valence-corrected chi connectivity index (χ0v) is 13.8. The first-order chi connectivity index (χ1) is 10.7. The Morgan fingerprint density at radius 2 is 2.14 bits per heavy atom. The molecule has 5 nitrogen and oxygen atoms in total. The van der Waals surface area contributed by atoms with Gasteiger partial charge in [-0.15, -0.1) is 0 Å². The molecule has 0 aliphatic carbocycles. The minimum absolute atomic E-state index is 0.00179. The number of aliphatic imine (C=N–C) groups is 1. The first-order valence-corrected chi connectivity index (χ1v) is 7.83. The molecule has 1 heterocycles. The van der Waals surface area contributed by atoms with E-state index in [0.29, 0.717) is 6.54 Å². The minimum atomic E-state index is -0.0856. The van der Waals surface area contributed by atoms with Crippen molar-refractivity contribution < 1.29 is 9.47 Å². The van der Waals surface area contributed by atoms with E-state index >= 15 is 0 Å². The predicted octanol–water partition coefficient (Wildman–Crippen LogP) is 2.11. The lowest BCUT2D eigenvalue weighted by Gasteiger charge is -2.25. The summed E-state index contributed by atoms with van der Waals surface area (Å²) in [5.74, 6) is 0.773. The van der Waals surface area contributed by atoms with Gasteiger partial charge in [-0.2, -0.15) is 0 Å². The van der Waals surface area contributed by atoms with Crippen LogP contribution in [0.2, 0.25) is 0 Å². The Hall–Kier alpha value is -1.59. The molecule has 0 spiro atoms. The largest absolute Gasteiger partial charge is 0.375 e. The van der Waals surface area contributed by atoms with E-state index in [-0.39, 0.29) is 11.7 Å². The van der Waals surface area contributed by atoms with E-state index in [1.54, 1.807) is 14.2 Å². The van der Waals surface area contributed by atoms with E-state index in [9.17, 15) is 0 Å². The minimum Gasteiger partial charge on any atom is -0.375 e. The fraction of sp³-hybridized carbons (Fsp3) is 0.588.